The van der Waals surface area contributed by atoms with E-state index in [-0.39, 0.29) is 37.2 Å². The maximum Gasteiger partial charge on any atom is 0.255 e. The molecule has 0 bridgehead atoms. The van der Waals surface area contributed by atoms with Gasteiger partial charge in [-0.15, -0.1) is 0 Å². The zero-order chi connectivity index (χ0) is 21.3. The molecule has 0 spiro atoms. The number of anilines is 1. The Balaban J connectivity index is 1.44. The smallest absolute Gasteiger partial charge is 0.255 e. The fourth-order valence-electron chi connectivity index (χ4n) is 2.64. The van der Waals surface area contributed by atoms with Crippen LogP contribution in [0.1, 0.15) is 32.7 Å². The van der Waals surface area contributed by atoms with Crippen LogP contribution in [-0.2, 0) is 11.3 Å². The summed E-state index contributed by atoms with van der Waals surface area (Å²) in [5.41, 5.74) is 2.31. The molecule has 3 amide bonds. The molecule has 3 N–H and O–H groups in total. The zero-order valence-corrected chi connectivity index (χ0v) is 16.8. The SMILES string of the molecule is O=C(CCNC(=O)c1ccsc1)NCc1cccc(NC(=O)c2ccc(F)cc2)c1. The molecule has 3 rings (SSSR count). The first kappa shape index (κ1) is 21.2. The van der Waals surface area contributed by atoms with E-state index in [1.54, 1.807) is 29.6 Å². The lowest BCUT2D eigenvalue weighted by atomic mass is 10.1. The van der Waals surface area contributed by atoms with Crippen LogP contribution in [0.4, 0.5) is 10.1 Å². The van der Waals surface area contributed by atoms with Gasteiger partial charge in [-0.25, -0.2) is 4.39 Å². The molecule has 154 valence electrons. The molecule has 30 heavy (non-hydrogen) atoms. The average molecular weight is 425 g/mol. The first-order valence-electron chi connectivity index (χ1n) is 9.24. The molecule has 0 radical (unpaired) electrons. The van der Waals surface area contributed by atoms with Crippen LogP contribution in [0, 0.1) is 5.82 Å². The highest BCUT2D eigenvalue weighted by atomic mass is 32.1. The Morgan fingerprint density at radius 1 is 0.900 bits per heavy atom. The highest BCUT2D eigenvalue weighted by Crippen LogP contribution is 2.13. The Kier molecular flexibility index (Phi) is 7.29. The van der Waals surface area contributed by atoms with Crippen LogP contribution in [0.3, 0.4) is 0 Å². The van der Waals surface area contributed by atoms with Gasteiger partial charge in [-0.1, -0.05) is 12.1 Å². The third kappa shape index (κ3) is 6.25. The van der Waals surface area contributed by atoms with Crippen LogP contribution >= 0.6 is 11.3 Å². The average Bonchev–Trinajstić information content (AvgIpc) is 3.28. The molecule has 8 heteroatoms. The van der Waals surface area contributed by atoms with Crippen molar-refractivity contribution >= 4 is 34.7 Å². The predicted octanol–water partition coefficient (Wildman–Crippen LogP) is 3.58. The molecule has 0 aliphatic rings. The van der Waals surface area contributed by atoms with Crippen molar-refractivity contribution in [3.63, 3.8) is 0 Å². The van der Waals surface area contributed by atoms with Gasteiger partial charge < -0.3 is 16.0 Å². The van der Waals surface area contributed by atoms with E-state index in [1.165, 1.54) is 35.6 Å². The summed E-state index contributed by atoms with van der Waals surface area (Å²) in [5.74, 6) is -1.15. The summed E-state index contributed by atoms with van der Waals surface area (Å²) in [7, 11) is 0. The molecule has 3 aromatic rings. The number of rotatable bonds is 8. The van der Waals surface area contributed by atoms with Crippen LogP contribution in [-0.4, -0.2) is 24.3 Å². The van der Waals surface area contributed by atoms with Crippen molar-refractivity contribution in [2.24, 2.45) is 0 Å². The molecule has 6 nitrogen and oxygen atoms in total. The molecule has 0 atom stereocenters. The number of hydrogen-bond donors (Lipinski definition) is 3. The standard InChI is InChI=1S/C22H20FN3O3S/c23-18-6-4-16(5-7-18)22(29)26-19-3-1-2-15(12-19)13-25-20(27)8-10-24-21(28)17-9-11-30-14-17/h1-7,9,11-12,14H,8,10,13H2,(H,24,28)(H,25,27)(H,26,29). The summed E-state index contributed by atoms with van der Waals surface area (Å²) in [5, 5.41) is 11.8. The van der Waals surface area contributed by atoms with Crippen molar-refractivity contribution in [3.05, 3.63) is 87.9 Å². The van der Waals surface area contributed by atoms with E-state index in [0.29, 0.717) is 16.8 Å². The minimum absolute atomic E-state index is 0.164. The quantitative estimate of drug-likeness (QED) is 0.516. The number of carbonyl (C=O) groups excluding carboxylic acids is 3. The van der Waals surface area contributed by atoms with Gasteiger partial charge in [0.15, 0.2) is 0 Å². The Labute approximate surface area is 177 Å². The van der Waals surface area contributed by atoms with E-state index in [0.717, 1.165) is 5.56 Å². The summed E-state index contributed by atoms with van der Waals surface area (Å²) in [6.45, 7) is 0.534. The summed E-state index contributed by atoms with van der Waals surface area (Å²) in [6.07, 6.45) is 0.164. The molecule has 0 fully saturated rings. The molecule has 0 aliphatic carbocycles. The van der Waals surface area contributed by atoms with Crippen molar-refractivity contribution in [2.75, 3.05) is 11.9 Å². The van der Waals surface area contributed by atoms with Gasteiger partial charge >= 0.3 is 0 Å². The van der Waals surface area contributed by atoms with Crippen LogP contribution < -0.4 is 16.0 Å². The molecule has 2 aromatic carbocycles. The van der Waals surface area contributed by atoms with Crippen molar-refractivity contribution in [1.82, 2.24) is 10.6 Å². The second-order valence-corrected chi connectivity index (χ2v) is 7.24. The third-order valence-electron chi connectivity index (χ3n) is 4.20. The monoisotopic (exact) mass is 425 g/mol. The molecule has 0 unspecified atom stereocenters. The molecule has 0 saturated carbocycles. The Morgan fingerprint density at radius 3 is 2.43 bits per heavy atom. The zero-order valence-electron chi connectivity index (χ0n) is 16.0. The molecular formula is C22H20FN3O3S. The van der Waals surface area contributed by atoms with Gasteiger partial charge in [-0.2, -0.15) is 11.3 Å². The number of hydrogen-bond acceptors (Lipinski definition) is 4. The first-order valence-corrected chi connectivity index (χ1v) is 10.2. The lowest BCUT2D eigenvalue weighted by molar-refractivity contribution is -0.121. The lowest BCUT2D eigenvalue weighted by Gasteiger charge is -2.09. The minimum atomic E-state index is -0.407. The van der Waals surface area contributed by atoms with Gasteiger partial charge in [-0.05, 0) is 53.4 Å². The minimum Gasteiger partial charge on any atom is -0.352 e. The van der Waals surface area contributed by atoms with Crippen molar-refractivity contribution in [2.45, 2.75) is 13.0 Å². The summed E-state index contributed by atoms with van der Waals surface area (Å²) >= 11 is 1.44. The van der Waals surface area contributed by atoms with Crippen molar-refractivity contribution in [1.29, 1.82) is 0 Å². The fraction of sp³-hybridized carbons (Fsp3) is 0.136. The first-order chi connectivity index (χ1) is 14.5. The van der Waals surface area contributed by atoms with E-state index in [2.05, 4.69) is 16.0 Å². The largest absolute Gasteiger partial charge is 0.352 e. The molecule has 1 aromatic heterocycles. The number of amides is 3. The Hall–Kier alpha value is -3.52. The molecular weight excluding hydrogens is 405 g/mol. The number of thiophene rings is 1. The van der Waals surface area contributed by atoms with E-state index in [4.69, 9.17) is 0 Å². The van der Waals surface area contributed by atoms with Gasteiger partial charge in [0.05, 0.1) is 0 Å². The van der Waals surface area contributed by atoms with Crippen LogP contribution in [0.2, 0.25) is 0 Å². The van der Waals surface area contributed by atoms with E-state index >= 15 is 0 Å². The number of nitrogens with one attached hydrogen (secondary N) is 3. The highest BCUT2D eigenvalue weighted by Gasteiger charge is 2.08. The van der Waals surface area contributed by atoms with Crippen LogP contribution in [0.5, 0.6) is 0 Å². The Morgan fingerprint density at radius 2 is 1.70 bits per heavy atom. The summed E-state index contributed by atoms with van der Waals surface area (Å²) in [6, 6.07) is 14.1. The summed E-state index contributed by atoms with van der Waals surface area (Å²) < 4.78 is 13.0. The summed E-state index contributed by atoms with van der Waals surface area (Å²) in [4.78, 5) is 36.0. The maximum absolute atomic E-state index is 13.0. The number of benzene rings is 2. The second-order valence-electron chi connectivity index (χ2n) is 6.46. The topological polar surface area (TPSA) is 87.3 Å². The lowest BCUT2D eigenvalue weighted by Crippen LogP contribution is -2.30. The van der Waals surface area contributed by atoms with E-state index in [9.17, 15) is 18.8 Å². The normalized spacial score (nSPS) is 10.3. The van der Waals surface area contributed by atoms with Gasteiger partial charge in [0.1, 0.15) is 5.82 Å². The molecule has 0 aliphatic heterocycles. The maximum atomic E-state index is 13.0. The fourth-order valence-corrected chi connectivity index (χ4v) is 3.27. The van der Waals surface area contributed by atoms with E-state index in [1.807, 2.05) is 11.4 Å². The predicted molar refractivity (Wildman–Crippen MR) is 114 cm³/mol. The van der Waals surface area contributed by atoms with E-state index < -0.39 is 5.82 Å². The molecule has 1 heterocycles. The van der Waals surface area contributed by atoms with Crippen LogP contribution in [0.15, 0.2) is 65.4 Å². The van der Waals surface area contributed by atoms with Gasteiger partial charge in [0, 0.05) is 41.7 Å². The number of halogens is 1. The third-order valence-corrected chi connectivity index (χ3v) is 4.89. The highest BCUT2D eigenvalue weighted by molar-refractivity contribution is 7.08. The Bertz CT molecular complexity index is 1020. The molecule has 0 saturated heterocycles. The van der Waals surface area contributed by atoms with Gasteiger partial charge in [0.25, 0.3) is 11.8 Å². The number of carbonyl (C=O) groups is 3. The van der Waals surface area contributed by atoms with Crippen molar-refractivity contribution in [3.8, 4) is 0 Å². The van der Waals surface area contributed by atoms with Crippen LogP contribution in [0.25, 0.3) is 0 Å². The van der Waals surface area contributed by atoms with Gasteiger partial charge in [0.2, 0.25) is 5.91 Å². The van der Waals surface area contributed by atoms with Crippen molar-refractivity contribution < 1.29 is 18.8 Å². The van der Waals surface area contributed by atoms with Gasteiger partial charge in [-0.3, -0.25) is 14.4 Å². The second kappa shape index (κ2) is 10.3.